The predicted molar refractivity (Wildman–Crippen MR) is 82.4 cm³/mol. The van der Waals surface area contributed by atoms with Gasteiger partial charge in [-0.1, -0.05) is 12.1 Å². The first-order valence-electron chi connectivity index (χ1n) is 7.27. The van der Waals surface area contributed by atoms with Gasteiger partial charge in [-0.15, -0.1) is 0 Å². The number of methoxy groups -OCH3 is 1. The Morgan fingerprint density at radius 3 is 2.86 bits per heavy atom. The van der Waals surface area contributed by atoms with Crippen LogP contribution >= 0.6 is 0 Å². The van der Waals surface area contributed by atoms with Crippen LogP contribution in [0, 0.1) is 12.8 Å². The average Bonchev–Trinajstić information content (AvgIpc) is 2.48. The van der Waals surface area contributed by atoms with Crippen LogP contribution in [0.4, 0.5) is 0 Å². The first kappa shape index (κ1) is 16.4. The summed E-state index contributed by atoms with van der Waals surface area (Å²) in [6.07, 6.45) is 1.89. The summed E-state index contributed by atoms with van der Waals surface area (Å²) < 4.78 is 32.5. The van der Waals surface area contributed by atoms with E-state index in [0.717, 1.165) is 24.0 Å². The fourth-order valence-corrected chi connectivity index (χ4v) is 4.64. The van der Waals surface area contributed by atoms with Gasteiger partial charge in [0.2, 0.25) is 10.0 Å². The van der Waals surface area contributed by atoms with E-state index in [-0.39, 0.29) is 5.92 Å². The van der Waals surface area contributed by atoms with Crippen LogP contribution in [-0.4, -0.2) is 39.5 Å². The van der Waals surface area contributed by atoms with Crippen molar-refractivity contribution in [1.29, 1.82) is 0 Å². The molecular formula is C15H24N2O3S. The summed E-state index contributed by atoms with van der Waals surface area (Å²) in [5.41, 5.74) is 7.23. The lowest BCUT2D eigenvalue weighted by molar-refractivity contribution is 0.118. The van der Waals surface area contributed by atoms with Crippen molar-refractivity contribution in [3.05, 3.63) is 29.3 Å². The first-order chi connectivity index (χ1) is 9.98. The van der Waals surface area contributed by atoms with E-state index in [1.165, 1.54) is 0 Å². The van der Waals surface area contributed by atoms with Crippen LogP contribution in [0.1, 0.15) is 24.0 Å². The van der Waals surface area contributed by atoms with Gasteiger partial charge in [-0.3, -0.25) is 0 Å². The summed E-state index contributed by atoms with van der Waals surface area (Å²) in [6.45, 7) is 3.88. The Bertz CT molecular complexity index is 585. The van der Waals surface area contributed by atoms with Gasteiger partial charge in [0.15, 0.2) is 0 Å². The summed E-state index contributed by atoms with van der Waals surface area (Å²) in [5, 5.41) is 0. The van der Waals surface area contributed by atoms with E-state index in [1.807, 2.05) is 19.1 Å². The van der Waals surface area contributed by atoms with Crippen molar-refractivity contribution in [1.82, 2.24) is 4.31 Å². The van der Waals surface area contributed by atoms with Crippen molar-refractivity contribution in [2.75, 3.05) is 26.8 Å². The first-order valence-corrected chi connectivity index (χ1v) is 8.71. The Morgan fingerprint density at radius 1 is 1.43 bits per heavy atom. The fraction of sp³-hybridized carbons (Fsp3) is 0.600. The Morgan fingerprint density at radius 2 is 2.19 bits per heavy atom. The normalized spacial score (nSPS) is 20.6. The molecule has 1 heterocycles. The number of rotatable bonds is 5. The topological polar surface area (TPSA) is 72.6 Å². The third-order valence-corrected chi connectivity index (χ3v) is 6.00. The second-order valence-electron chi connectivity index (χ2n) is 5.63. The maximum Gasteiger partial charge on any atom is 0.243 e. The SMILES string of the molecule is COCC1CCCN(S(=O)(=O)c2cc(CN)ccc2C)C1. The molecule has 5 nitrogen and oxygen atoms in total. The molecule has 1 unspecified atom stereocenters. The van der Waals surface area contributed by atoms with E-state index in [2.05, 4.69) is 0 Å². The van der Waals surface area contributed by atoms with Crippen LogP contribution in [0.5, 0.6) is 0 Å². The highest BCUT2D eigenvalue weighted by Crippen LogP contribution is 2.26. The Labute approximate surface area is 127 Å². The zero-order valence-electron chi connectivity index (χ0n) is 12.7. The van der Waals surface area contributed by atoms with Gasteiger partial charge in [-0.2, -0.15) is 4.31 Å². The molecule has 6 heteroatoms. The smallest absolute Gasteiger partial charge is 0.243 e. The van der Waals surface area contributed by atoms with Crippen molar-refractivity contribution in [3.8, 4) is 0 Å². The van der Waals surface area contributed by atoms with Crippen LogP contribution < -0.4 is 5.73 Å². The van der Waals surface area contributed by atoms with E-state index >= 15 is 0 Å². The molecule has 1 atom stereocenters. The third kappa shape index (κ3) is 3.63. The maximum absolute atomic E-state index is 12.9. The predicted octanol–water partition coefficient (Wildman–Crippen LogP) is 1.50. The molecule has 0 amide bonds. The van der Waals surface area contributed by atoms with Gasteiger partial charge in [-0.05, 0) is 42.9 Å². The molecule has 2 N–H and O–H groups in total. The highest BCUT2D eigenvalue weighted by molar-refractivity contribution is 7.89. The average molecular weight is 312 g/mol. The molecule has 1 fully saturated rings. The number of piperidine rings is 1. The minimum Gasteiger partial charge on any atom is -0.384 e. The zero-order valence-corrected chi connectivity index (χ0v) is 13.5. The largest absolute Gasteiger partial charge is 0.384 e. The number of hydrogen-bond donors (Lipinski definition) is 1. The number of hydrogen-bond acceptors (Lipinski definition) is 4. The van der Waals surface area contributed by atoms with E-state index in [4.69, 9.17) is 10.5 Å². The quantitative estimate of drug-likeness (QED) is 0.894. The Balaban J connectivity index is 2.29. The Hall–Kier alpha value is -0.950. The van der Waals surface area contributed by atoms with Gasteiger partial charge in [0.25, 0.3) is 0 Å². The summed E-state index contributed by atoms with van der Waals surface area (Å²) in [4.78, 5) is 0.378. The number of aryl methyl sites for hydroxylation is 1. The molecule has 1 aromatic rings. The summed E-state index contributed by atoms with van der Waals surface area (Å²) in [6, 6.07) is 5.40. The van der Waals surface area contributed by atoms with Crippen LogP contribution in [-0.2, 0) is 21.3 Å². The molecule has 1 aliphatic heterocycles. The molecule has 0 aliphatic carbocycles. The van der Waals surface area contributed by atoms with Crippen molar-refractivity contribution in [3.63, 3.8) is 0 Å². The van der Waals surface area contributed by atoms with Crippen LogP contribution in [0.25, 0.3) is 0 Å². The molecule has 2 rings (SSSR count). The van der Waals surface area contributed by atoms with Crippen LogP contribution in [0.15, 0.2) is 23.1 Å². The second-order valence-corrected chi connectivity index (χ2v) is 7.54. The Kier molecular flexibility index (Phi) is 5.37. The minimum absolute atomic E-state index is 0.275. The third-order valence-electron chi connectivity index (χ3n) is 3.99. The van der Waals surface area contributed by atoms with Gasteiger partial charge in [0.05, 0.1) is 11.5 Å². The molecule has 0 aromatic heterocycles. The van der Waals surface area contributed by atoms with Gasteiger partial charge >= 0.3 is 0 Å². The summed E-state index contributed by atoms with van der Waals surface area (Å²) in [7, 11) is -1.80. The monoisotopic (exact) mass is 312 g/mol. The lowest BCUT2D eigenvalue weighted by Gasteiger charge is -2.32. The summed E-state index contributed by atoms with van der Waals surface area (Å²) in [5.74, 6) is 0.275. The molecule has 118 valence electrons. The molecule has 21 heavy (non-hydrogen) atoms. The maximum atomic E-state index is 12.9. The van der Waals surface area contributed by atoms with Gasteiger partial charge in [0, 0.05) is 26.7 Å². The van der Waals surface area contributed by atoms with Crippen molar-refractivity contribution < 1.29 is 13.2 Å². The second kappa shape index (κ2) is 6.87. The number of sulfonamides is 1. The van der Waals surface area contributed by atoms with Crippen LogP contribution in [0.3, 0.4) is 0 Å². The van der Waals surface area contributed by atoms with E-state index in [1.54, 1.807) is 17.5 Å². The van der Waals surface area contributed by atoms with Crippen molar-refractivity contribution in [2.45, 2.75) is 31.2 Å². The molecule has 1 aromatic carbocycles. The highest BCUT2D eigenvalue weighted by Gasteiger charge is 2.31. The molecule has 0 spiro atoms. The van der Waals surface area contributed by atoms with E-state index in [0.29, 0.717) is 31.1 Å². The number of nitrogens with two attached hydrogens (primary N) is 1. The molecule has 1 aliphatic rings. The lowest BCUT2D eigenvalue weighted by atomic mass is 10.0. The van der Waals surface area contributed by atoms with E-state index in [9.17, 15) is 8.42 Å². The standard InChI is InChI=1S/C15H24N2O3S/c1-12-5-6-13(9-16)8-15(12)21(18,19)17-7-3-4-14(10-17)11-20-2/h5-6,8,14H,3-4,7,9-11,16H2,1-2H3. The highest BCUT2D eigenvalue weighted by atomic mass is 32.2. The van der Waals surface area contributed by atoms with E-state index < -0.39 is 10.0 Å². The molecule has 0 radical (unpaired) electrons. The molecule has 0 bridgehead atoms. The molecule has 0 saturated carbocycles. The van der Waals surface area contributed by atoms with Gasteiger partial charge < -0.3 is 10.5 Å². The molecular weight excluding hydrogens is 288 g/mol. The van der Waals surface area contributed by atoms with Gasteiger partial charge in [0.1, 0.15) is 0 Å². The number of ether oxygens (including phenoxy) is 1. The summed E-state index contributed by atoms with van der Waals surface area (Å²) >= 11 is 0. The van der Waals surface area contributed by atoms with Gasteiger partial charge in [-0.25, -0.2) is 8.42 Å². The lowest BCUT2D eigenvalue weighted by Crippen LogP contribution is -2.41. The van der Waals surface area contributed by atoms with Crippen LogP contribution in [0.2, 0.25) is 0 Å². The van der Waals surface area contributed by atoms with Crippen molar-refractivity contribution >= 4 is 10.0 Å². The van der Waals surface area contributed by atoms with Crippen molar-refractivity contribution in [2.24, 2.45) is 11.7 Å². The zero-order chi connectivity index (χ0) is 15.5. The number of nitrogens with zero attached hydrogens (tertiary/aromatic N) is 1. The fourth-order valence-electron chi connectivity index (χ4n) is 2.81. The number of benzene rings is 1. The minimum atomic E-state index is -3.45. The molecule has 1 saturated heterocycles.